The number of hydrogen-bond acceptors (Lipinski definition) is 20. The summed E-state index contributed by atoms with van der Waals surface area (Å²) >= 11 is 0. The Morgan fingerprint density at radius 3 is 1.57 bits per heavy atom. The molecule has 0 aliphatic carbocycles. The second-order valence-electron chi connectivity index (χ2n) is 20.7. The van der Waals surface area contributed by atoms with Crippen molar-refractivity contribution in [3.8, 4) is 5.75 Å². The van der Waals surface area contributed by atoms with Gasteiger partial charge in [-0.25, -0.2) is 0 Å². The first kappa shape index (κ1) is 71.4. The fourth-order valence-electron chi connectivity index (χ4n) is 9.13. The average molecular weight is 1220 g/mol. The molecule has 0 aromatic heterocycles. The smallest absolute Gasteiger partial charge is 0.303 e. The number of carbonyl (C=O) groups is 1. The summed E-state index contributed by atoms with van der Waals surface area (Å²) in [5, 5.41) is 9.58. The van der Waals surface area contributed by atoms with Gasteiger partial charge in [0, 0.05) is 74.4 Å². The molecule has 0 saturated heterocycles. The predicted octanol–water partition coefficient (Wildman–Crippen LogP) is 6.14. The minimum atomic E-state index is -4.62. The Kier molecular flexibility index (Phi) is 33.4. The molecule has 2 aliphatic rings. The van der Waals surface area contributed by atoms with E-state index in [2.05, 4.69) is 43.9 Å². The molecule has 3 N–H and O–H groups in total. The van der Waals surface area contributed by atoms with Gasteiger partial charge in [-0.2, -0.15) is 16.8 Å². The Balaban J connectivity index is 1.45. The van der Waals surface area contributed by atoms with Crippen LogP contribution in [0.4, 0.5) is 11.4 Å². The number of hydrogen-bond donors (Lipinski definition) is 3. The number of carboxylic acid groups (broad SMARTS) is 1. The van der Waals surface area contributed by atoms with Crippen molar-refractivity contribution in [2.75, 3.05) is 195 Å². The van der Waals surface area contributed by atoms with Crippen LogP contribution in [0.1, 0.15) is 64.5 Å². The highest BCUT2D eigenvalue weighted by molar-refractivity contribution is 7.86. The summed E-state index contributed by atoms with van der Waals surface area (Å²) < 4.78 is 141. The summed E-state index contributed by atoms with van der Waals surface area (Å²) in [6.07, 6.45) is 7.41. The number of anilines is 2. The fraction of sp³-hybridized carbons (Fsp3) is 0.672. The van der Waals surface area contributed by atoms with E-state index in [1.165, 1.54) is 12.1 Å². The average Bonchev–Trinajstić information content (AvgIpc) is 1.87. The molecule has 2 aromatic carbocycles. The number of carboxylic acids is 1. The predicted molar refractivity (Wildman–Crippen MR) is 313 cm³/mol. The van der Waals surface area contributed by atoms with Crippen LogP contribution in [-0.4, -0.2) is 228 Å². The molecule has 2 unspecified atom stereocenters. The number of ether oxygens (including phenoxy) is 13. The summed E-state index contributed by atoms with van der Waals surface area (Å²) in [6.45, 7) is 19.4. The van der Waals surface area contributed by atoms with Crippen LogP contribution in [0, 0.1) is 5.41 Å². The first-order valence-corrected chi connectivity index (χ1v) is 31.3. The van der Waals surface area contributed by atoms with Gasteiger partial charge < -0.3 is 76.5 Å². The summed E-state index contributed by atoms with van der Waals surface area (Å²) in [5.74, 6) is -0.865. The first-order chi connectivity index (χ1) is 39.8. The topological polar surface area (TPSA) is 273 Å². The zero-order valence-electron chi connectivity index (χ0n) is 49.5. The number of allylic oxidation sites excluding steroid dienone is 4. The van der Waals surface area contributed by atoms with E-state index in [0.29, 0.717) is 181 Å². The van der Waals surface area contributed by atoms with E-state index in [1.54, 1.807) is 20.3 Å². The zero-order chi connectivity index (χ0) is 60.4. The third-order valence-electron chi connectivity index (χ3n) is 13.3. The van der Waals surface area contributed by atoms with Gasteiger partial charge >= 0.3 is 5.97 Å². The van der Waals surface area contributed by atoms with Crippen molar-refractivity contribution in [3.05, 3.63) is 77.5 Å². The minimum absolute atomic E-state index is 0.0219. The maximum atomic E-state index is 12.4. The quantitative estimate of drug-likeness (QED) is 0.0496. The molecule has 25 heteroatoms. The fourth-order valence-corrected chi connectivity index (χ4v) is 10.1. The van der Waals surface area contributed by atoms with Gasteiger partial charge in [-0.15, -0.1) is 0 Å². The standard InChI is InChI=1S/C58H92N2O21S2/c1-57(2,3)51-45-48(10-7-11-55-58(4,17-8-12-56(61)62)52-46-49(83(66,67)68)14-16-53(52)60(55)18-9-43-82(63,64)65)81-54-44-47(13-15-50(51)54)59(19-21-71-27-29-75-35-37-79-41-39-77-33-31-73-25-23-69-5)20-22-72-28-30-76-36-38-80-42-40-78-34-32-74-26-24-70-6/h7,10-11,13-16,44-46,48H,8-9,12,17-43H2,1-6H3,(H,61,62)(H,63,64,65)(H,66,67,68)/b10-7+,55-11+. The Morgan fingerprint density at radius 1 is 0.663 bits per heavy atom. The van der Waals surface area contributed by atoms with E-state index < -0.39 is 43.5 Å². The molecule has 4 rings (SSSR count). The van der Waals surface area contributed by atoms with Crippen LogP contribution >= 0.6 is 0 Å². The van der Waals surface area contributed by atoms with Crippen LogP contribution in [0.25, 0.3) is 5.57 Å². The lowest BCUT2D eigenvalue weighted by atomic mass is 9.77. The number of methoxy groups -OCH3 is 2. The van der Waals surface area contributed by atoms with E-state index in [1.807, 2.05) is 36.1 Å². The molecule has 472 valence electrons. The maximum absolute atomic E-state index is 12.4. The lowest BCUT2D eigenvalue weighted by Crippen LogP contribution is -2.32. The Morgan fingerprint density at radius 2 is 1.13 bits per heavy atom. The second kappa shape index (κ2) is 38.8. The highest BCUT2D eigenvalue weighted by Gasteiger charge is 2.44. The molecule has 83 heavy (non-hydrogen) atoms. The molecule has 0 saturated carbocycles. The Labute approximate surface area is 491 Å². The molecule has 2 aliphatic heterocycles. The van der Waals surface area contributed by atoms with Gasteiger partial charge in [0.25, 0.3) is 20.2 Å². The van der Waals surface area contributed by atoms with Crippen molar-refractivity contribution in [2.24, 2.45) is 5.41 Å². The van der Waals surface area contributed by atoms with E-state index in [4.69, 9.17) is 61.6 Å². The van der Waals surface area contributed by atoms with Gasteiger partial charge in [0.15, 0.2) is 0 Å². The van der Waals surface area contributed by atoms with E-state index in [-0.39, 0.29) is 42.5 Å². The largest absolute Gasteiger partial charge is 0.482 e. The lowest BCUT2D eigenvalue weighted by molar-refractivity contribution is -0.137. The van der Waals surface area contributed by atoms with E-state index in [0.717, 1.165) is 16.8 Å². The highest BCUT2D eigenvalue weighted by atomic mass is 32.2. The van der Waals surface area contributed by atoms with Crippen LogP contribution in [0.5, 0.6) is 5.75 Å². The van der Waals surface area contributed by atoms with Gasteiger partial charge in [0.1, 0.15) is 11.9 Å². The number of nitrogens with zero attached hydrogens (tertiary/aromatic N) is 2. The normalized spacial score (nSPS) is 16.9. The van der Waals surface area contributed by atoms with Crippen molar-refractivity contribution in [2.45, 2.75) is 69.8 Å². The number of rotatable bonds is 48. The van der Waals surface area contributed by atoms with Crippen LogP contribution in [0.15, 0.2) is 71.3 Å². The molecule has 2 atom stereocenters. The molecule has 0 radical (unpaired) electrons. The highest BCUT2D eigenvalue weighted by Crippen LogP contribution is 2.51. The van der Waals surface area contributed by atoms with Crippen molar-refractivity contribution in [1.82, 2.24) is 0 Å². The summed E-state index contributed by atoms with van der Waals surface area (Å²) in [4.78, 5) is 15.4. The number of fused-ring (bicyclic) bond motifs is 2. The molecule has 2 heterocycles. The zero-order valence-corrected chi connectivity index (χ0v) is 51.1. The number of aliphatic carboxylic acids is 1. The molecule has 23 nitrogen and oxygen atoms in total. The van der Waals surface area contributed by atoms with Crippen molar-refractivity contribution in [1.29, 1.82) is 0 Å². The molecular weight excluding hydrogens is 1120 g/mol. The summed E-state index contributed by atoms with van der Waals surface area (Å²) in [6, 6.07) is 10.3. The van der Waals surface area contributed by atoms with Crippen LogP contribution in [0.2, 0.25) is 0 Å². The molecular formula is C58H92N2O21S2. The van der Waals surface area contributed by atoms with Gasteiger partial charge in [-0.3, -0.25) is 13.9 Å². The SMILES string of the molecule is COCCOCCOCCOCCOCCOCCN(CCOCCOCCOCCOCCOCCOC)c1ccc2c(c1)OC(/C=C/C=C1/N(CCCS(=O)(=O)O)c3ccc(S(=O)(=O)O)cc3C1(C)CCCC(=O)O)C=C2C(C)(C)C. The van der Waals surface area contributed by atoms with Gasteiger partial charge in [-0.05, 0) is 91.3 Å². The maximum Gasteiger partial charge on any atom is 0.303 e. The Hall–Kier alpha value is -4.13. The molecule has 2 aromatic rings. The van der Waals surface area contributed by atoms with Gasteiger partial charge in [-0.1, -0.05) is 26.8 Å². The van der Waals surface area contributed by atoms with Gasteiger partial charge in [0.05, 0.1) is 156 Å². The van der Waals surface area contributed by atoms with Gasteiger partial charge in [0.2, 0.25) is 0 Å². The first-order valence-electron chi connectivity index (χ1n) is 28.3. The lowest BCUT2D eigenvalue weighted by Gasteiger charge is -2.33. The van der Waals surface area contributed by atoms with Crippen LogP contribution in [0.3, 0.4) is 0 Å². The summed E-state index contributed by atoms with van der Waals surface area (Å²) in [7, 11) is -5.68. The van der Waals surface area contributed by atoms with Crippen molar-refractivity contribution in [3.63, 3.8) is 0 Å². The monoisotopic (exact) mass is 1220 g/mol. The van der Waals surface area contributed by atoms with Crippen molar-refractivity contribution >= 4 is 43.2 Å². The Bertz CT molecular complexity index is 2470. The van der Waals surface area contributed by atoms with Crippen LogP contribution in [-0.2, 0) is 87.3 Å². The summed E-state index contributed by atoms with van der Waals surface area (Å²) in [5.41, 5.74) is 3.30. The minimum Gasteiger partial charge on any atom is -0.482 e. The van der Waals surface area contributed by atoms with Crippen molar-refractivity contribution < 1.29 is 97.4 Å². The molecule has 0 fully saturated rings. The second-order valence-corrected chi connectivity index (χ2v) is 23.6. The molecule has 0 bridgehead atoms. The third kappa shape index (κ3) is 27.4. The van der Waals surface area contributed by atoms with Crippen LogP contribution < -0.4 is 14.5 Å². The number of benzene rings is 2. The molecule has 0 amide bonds. The molecule has 0 spiro atoms. The third-order valence-corrected chi connectivity index (χ3v) is 14.9. The van der Waals surface area contributed by atoms with E-state index >= 15 is 0 Å². The van der Waals surface area contributed by atoms with E-state index in [9.17, 15) is 35.8 Å².